The van der Waals surface area contributed by atoms with E-state index in [0.717, 1.165) is 25.3 Å². The van der Waals surface area contributed by atoms with Crippen LogP contribution in [0.1, 0.15) is 42.5 Å². The van der Waals surface area contributed by atoms with Gasteiger partial charge in [-0.15, -0.1) is 0 Å². The van der Waals surface area contributed by atoms with Crippen LogP contribution in [-0.4, -0.2) is 57.3 Å². The molecule has 1 aromatic heterocycles. The maximum Gasteiger partial charge on any atom is 0.254 e. The molecule has 2 amide bonds. The fourth-order valence-electron chi connectivity index (χ4n) is 4.96. The summed E-state index contributed by atoms with van der Waals surface area (Å²) in [5.74, 6) is -1.25. The molecule has 0 aromatic carbocycles. The lowest BCUT2D eigenvalue weighted by Crippen LogP contribution is -2.52. The summed E-state index contributed by atoms with van der Waals surface area (Å²) < 4.78 is 13.4. The van der Waals surface area contributed by atoms with Gasteiger partial charge < -0.3 is 15.5 Å². The molecule has 3 aliphatic rings. The van der Waals surface area contributed by atoms with Gasteiger partial charge in [-0.1, -0.05) is 0 Å². The average molecular weight is 371 g/mol. The third kappa shape index (κ3) is 2.96. The smallest absolute Gasteiger partial charge is 0.254 e. The normalized spacial score (nSPS) is 30.4. The number of amides is 2. The fourth-order valence-corrected chi connectivity index (χ4v) is 4.96. The molecular weight excluding hydrogens is 349 g/mol. The Balaban J connectivity index is 1.51. The Labute approximate surface area is 156 Å². The summed E-state index contributed by atoms with van der Waals surface area (Å²) in [5, 5.41) is 9.23. The molecule has 2 N–H and O–H groups in total. The zero-order valence-electron chi connectivity index (χ0n) is 14.9. The summed E-state index contributed by atoms with van der Waals surface area (Å²) in [4.78, 5) is 32.6. The number of halogens is 1. The van der Waals surface area contributed by atoms with Gasteiger partial charge in [-0.25, -0.2) is 4.98 Å². The largest absolute Gasteiger partial charge is 0.332 e. The quantitative estimate of drug-likeness (QED) is 0.800. The van der Waals surface area contributed by atoms with Crippen molar-refractivity contribution >= 4 is 11.8 Å². The Bertz CT molecular complexity index is 810. The fraction of sp³-hybridized carbons (Fsp3) is 0.579. The van der Waals surface area contributed by atoms with Crippen molar-refractivity contribution in [3.8, 4) is 6.07 Å². The molecule has 27 heavy (non-hydrogen) atoms. The van der Waals surface area contributed by atoms with E-state index in [4.69, 9.17) is 5.73 Å². The van der Waals surface area contributed by atoms with Gasteiger partial charge >= 0.3 is 0 Å². The van der Waals surface area contributed by atoms with Gasteiger partial charge in [0.2, 0.25) is 11.9 Å². The predicted molar refractivity (Wildman–Crippen MR) is 93.6 cm³/mol. The van der Waals surface area contributed by atoms with E-state index in [-0.39, 0.29) is 35.4 Å². The topological polar surface area (TPSA) is 103 Å². The number of hydrogen-bond acceptors (Lipinski definition) is 5. The summed E-state index contributed by atoms with van der Waals surface area (Å²) in [6, 6.07) is 3.59. The van der Waals surface area contributed by atoms with E-state index in [2.05, 4.69) is 11.1 Å². The molecular formula is C19H22FN5O2. The van der Waals surface area contributed by atoms with E-state index in [1.54, 1.807) is 9.80 Å². The van der Waals surface area contributed by atoms with Crippen molar-refractivity contribution in [3.05, 3.63) is 29.8 Å². The zero-order chi connectivity index (χ0) is 19.1. The molecule has 1 aromatic rings. The van der Waals surface area contributed by atoms with Crippen molar-refractivity contribution in [2.45, 2.75) is 56.3 Å². The van der Waals surface area contributed by atoms with Gasteiger partial charge in [0.05, 0.1) is 12.1 Å². The minimum atomic E-state index is -0.723. The number of likely N-dealkylation sites (tertiary alicyclic amines) is 1. The summed E-state index contributed by atoms with van der Waals surface area (Å²) >= 11 is 0. The molecule has 0 radical (unpaired) electrons. The number of carbonyl (C=O) groups excluding carboxylic acids is 2. The van der Waals surface area contributed by atoms with Crippen LogP contribution in [0.4, 0.5) is 4.39 Å². The lowest BCUT2D eigenvalue weighted by molar-refractivity contribution is -0.134. The van der Waals surface area contributed by atoms with Crippen LogP contribution >= 0.6 is 0 Å². The zero-order valence-corrected chi connectivity index (χ0v) is 14.9. The SMILES string of the molecule is N#C[C@@H]1CCCN1C(=O)[C@@H](N)C1CC2CCC1N2C(=O)c1ccnc(F)c1. The second-order valence-corrected chi connectivity index (χ2v) is 7.62. The molecule has 0 saturated carbocycles. The number of nitrogens with zero attached hydrogens (tertiary/aromatic N) is 4. The van der Waals surface area contributed by atoms with E-state index in [1.807, 2.05) is 0 Å². The average Bonchev–Trinajstić information content (AvgIpc) is 3.40. The van der Waals surface area contributed by atoms with Crippen molar-refractivity contribution in [2.24, 2.45) is 11.7 Å². The number of hydrogen-bond donors (Lipinski definition) is 1. The monoisotopic (exact) mass is 371 g/mol. The van der Waals surface area contributed by atoms with Crippen LogP contribution in [0.3, 0.4) is 0 Å². The first-order valence-corrected chi connectivity index (χ1v) is 9.41. The molecule has 0 spiro atoms. The highest BCUT2D eigenvalue weighted by Gasteiger charge is 2.52. The number of rotatable bonds is 3. The molecule has 2 bridgehead atoms. The van der Waals surface area contributed by atoms with Crippen molar-refractivity contribution < 1.29 is 14.0 Å². The molecule has 3 unspecified atom stereocenters. The van der Waals surface area contributed by atoms with Crippen LogP contribution in [0.5, 0.6) is 0 Å². The number of fused-ring (bicyclic) bond motifs is 2. The van der Waals surface area contributed by atoms with E-state index in [0.29, 0.717) is 19.4 Å². The number of nitrogens with two attached hydrogens (primary N) is 1. The van der Waals surface area contributed by atoms with Crippen LogP contribution in [-0.2, 0) is 4.79 Å². The van der Waals surface area contributed by atoms with E-state index in [1.165, 1.54) is 12.3 Å². The lowest BCUT2D eigenvalue weighted by atomic mass is 9.83. The van der Waals surface area contributed by atoms with Gasteiger partial charge in [-0.2, -0.15) is 9.65 Å². The lowest BCUT2D eigenvalue weighted by Gasteiger charge is -2.31. The minimum Gasteiger partial charge on any atom is -0.332 e. The van der Waals surface area contributed by atoms with Gasteiger partial charge in [-0.05, 0) is 38.2 Å². The van der Waals surface area contributed by atoms with Gasteiger partial charge in [0.1, 0.15) is 6.04 Å². The van der Waals surface area contributed by atoms with Gasteiger partial charge in [0.15, 0.2) is 0 Å². The summed E-state index contributed by atoms with van der Waals surface area (Å²) in [5.41, 5.74) is 6.59. The predicted octanol–water partition coefficient (Wildman–Crippen LogP) is 1.06. The minimum absolute atomic E-state index is 0.0212. The van der Waals surface area contributed by atoms with E-state index in [9.17, 15) is 19.2 Å². The Kier molecular flexibility index (Phi) is 4.56. The molecule has 3 saturated heterocycles. The van der Waals surface area contributed by atoms with Crippen LogP contribution in [0.2, 0.25) is 0 Å². The molecule has 5 atom stereocenters. The van der Waals surface area contributed by atoms with Crippen molar-refractivity contribution in [1.82, 2.24) is 14.8 Å². The van der Waals surface area contributed by atoms with E-state index < -0.39 is 18.0 Å². The van der Waals surface area contributed by atoms with Crippen LogP contribution in [0, 0.1) is 23.2 Å². The number of nitriles is 1. The summed E-state index contributed by atoms with van der Waals surface area (Å²) in [6.45, 7) is 0.560. The third-order valence-corrected chi connectivity index (χ3v) is 6.22. The number of aromatic nitrogens is 1. The first-order valence-electron chi connectivity index (χ1n) is 9.41. The highest BCUT2D eigenvalue weighted by molar-refractivity contribution is 5.95. The van der Waals surface area contributed by atoms with E-state index >= 15 is 0 Å². The maximum absolute atomic E-state index is 13.4. The Morgan fingerprint density at radius 3 is 2.93 bits per heavy atom. The second kappa shape index (κ2) is 6.89. The molecule has 4 heterocycles. The molecule has 7 nitrogen and oxygen atoms in total. The number of pyridine rings is 1. The molecule has 142 valence electrons. The van der Waals surface area contributed by atoms with Crippen LogP contribution in [0.25, 0.3) is 0 Å². The number of carbonyl (C=O) groups is 2. The molecule has 3 fully saturated rings. The van der Waals surface area contributed by atoms with Gasteiger partial charge in [0.25, 0.3) is 5.91 Å². The second-order valence-electron chi connectivity index (χ2n) is 7.62. The van der Waals surface area contributed by atoms with Crippen molar-refractivity contribution in [1.29, 1.82) is 5.26 Å². The third-order valence-electron chi connectivity index (χ3n) is 6.22. The highest BCUT2D eigenvalue weighted by atomic mass is 19.1. The Morgan fingerprint density at radius 2 is 2.19 bits per heavy atom. The summed E-state index contributed by atoms with van der Waals surface area (Å²) in [6.07, 6.45) is 5.10. The first kappa shape index (κ1) is 17.9. The van der Waals surface area contributed by atoms with Crippen molar-refractivity contribution in [3.63, 3.8) is 0 Å². The molecule has 0 aliphatic carbocycles. The molecule has 8 heteroatoms. The van der Waals surface area contributed by atoms with Gasteiger partial charge in [-0.3, -0.25) is 9.59 Å². The van der Waals surface area contributed by atoms with Crippen LogP contribution < -0.4 is 5.73 Å². The summed E-state index contributed by atoms with van der Waals surface area (Å²) in [7, 11) is 0. The highest BCUT2D eigenvalue weighted by Crippen LogP contribution is 2.44. The Hall–Kier alpha value is -2.53. The standard InChI is InChI=1S/C19H22FN5O2/c20-16-8-11(5-6-23-16)18(26)25-12-3-4-15(25)14(9-12)17(22)19(27)24-7-1-2-13(24)10-21/h5-6,8,12-15,17H,1-4,7,9,22H2/t12?,13-,14?,15?,17-/m0/s1. The van der Waals surface area contributed by atoms with Crippen molar-refractivity contribution in [2.75, 3.05) is 6.54 Å². The maximum atomic E-state index is 13.4. The molecule has 3 aliphatic heterocycles. The van der Waals surface area contributed by atoms with Gasteiger partial charge in [0, 0.05) is 42.4 Å². The first-order chi connectivity index (χ1) is 13.0. The Morgan fingerprint density at radius 1 is 1.37 bits per heavy atom. The molecule has 4 rings (SSSR count). The van der Waals surface area contributed by atoms with Crippen LogP contribution in [0.15, 0.2) is 18.3 Å².